The summed E-state index contributed by atoms with van der Waals surface area (Å²) in [7, 11) is 0. The first kappa shape index (κ1) is 15.0. The Balaban J connectivity index is 2.41. The van der Waals surface area contributed by atoms with Gasteiger partial charge >= 0.3 is 0 Å². The number of nitro benzene ring substituents is 1. The molecule has 0 spiro atoms. The molecule has 2 aromatic carbocycles. The Labute approximate surface area is 123 Å². The van der Waals surface area contributed by atoms with Crippen molar-refractivity contribution in [2.75, 3.05) is 0 Å². The van der Waals surface area contributed by atoms with Crippen LogP contribution in [-0.4, -0.2) is 4.92 Å². The minimum Gasteiger partial charge on any atom is -0.457 e. The molecule has 5 heteroatoms. The highest BCUT2D eigenvalue weighted by Crippen LogP contribution is 2.33. The number of hydrogen-bond acceptors (Lipinski definition) is 4. The van der Waals surface area contributed by atoms with Gasteiger partial charge < -0.3 is 10.5 Å². The number of aryl methyl sites for hydroxylation is 2. The number of nitrogens with zero attached hydrogens (tertiary/aromatic N) is 1. The Morgan fingerprint density at radius 1 is 1.14 bits per heavy atom. The van der Waals surface area contributed by atoms with Crippen LogP contribution >= 0.6 is 0 Å². The lowest BCUT2D eigenvalue weighted by Gasteiger charge is -2.15. The van der Waals surface area contributed by atoms with Crippen molar-refractivity contribution in [1.29, 1.82) is 0 Å². The lowest BCUT2D eigenvalue weighted by Crippen LogP contribution is -2.06. The molecule has 0 bridgehead atoms. The molecular formula is C16H18N2O3. The molecule has 0 radical (unpaired) electrons. The van der Waals surface area contributed by atoms with Gasteiger partial charge in [0.15, 0.2) is 0 Å². The summed E-state index contributed by atoms with van der Waals surface area (Å²) in [6.07, 6.45) is 0. The van der Waals surface area contributed by atoms with Crippen molar-refractivity contribution in [1.82, 2.24) is 0 Å². The molecule has 1 atom stereocenters. The number of para-hydroxylation sites is 1. The summed E-state index contributed by atoms with van der Waals surface area (Å²) in [5, 5.41) is 10.9. The molecule has 0 heterocycles. The first-order valence-corrected chi connectivity index (χ1v) is 6.68. The van der Waals surface area contributed by atoms with E-state index in [0.717, 1.165) is 5.56 Å². The Kier molecular flexibility index (Phi) is 4.23. The van der Waals surface area contributed by atoms with E-state index in [0.29, 0.717) is 22.6 Å². The second kappa shape index (κ2) is 5.93. The Morgan fingerprint density at radius 2 is 1.81 bits per heavy atom. The average Bonchev–Trinajstić information content (AvgIpc) is 2.42. The topological polar surface area (TPSA) is 78.4 Å². The van der Waals surface area contributed by atoms with Gasteiger partial charge in [-0.05, 0) is 38.5 Å². The van der Waals surface area contributed by atoms with Crippen LogP contribution in [0.2, 0.25) is 0 Å². The molecule has 110 valence electrons. The Bertz CT molecular complexity index is 681. The third-order valence-electron chi connectivity index (χ3n) is 3.32. The first-order valence-electron chi connectivity index (χ1n) is 6.68. The normalized spacial score (nSPS) is 12.0. The maximum Gasteiger partial charge on any atom is 0.272 e. The fraction of sp³-hybridized carbons (Fsp3) is 0.250. The van der Waals surface area contributed by atoms with E-state index in [-0.39, 0.29) is 16.7 Å². The molecule has 5 nitrogen and oxygen atoms in total. The van der Waals surface area contributed by atoms with Crippen LogP contribution in [0.4, 0.5) is 5.69 Å². The molecule has 0 aliphatic carbocycles. The zero-order chi connectivity index (χ0) is 15.6. The zero-order valence-corrected chi connectivity index (χ0v) is 12.3. The third-order valence-corrected chi connectivity index (χ3v) is 3.32. The molecule has 0 fully saturated rings. The molecule has 2 N–H and O–H groups in total. The summed E-state index contributed by atoms with van der Waals surface area (Å²) in [6.45, 7) is 5.37. The van der Waals surface area contributed by atoms with Gasteiger partial charge in [-0.1, -0.05) is 18.2 Å². The van der Waals surface area contributed by atoms with Crippen molar-refractivity contribution >= 4 is 5.69 Å². The number of benzene rings is 2. The van der Waals surface area contributed by atoms with Crippen LogP contribution in [0.3, 0.4) is 0 Å². The second-order valence-electron chi connectivity index (χ2n) is 5.09. The van der Waals surface area contributed by atoms with Gasteiger partial charge in [0, 0.05) is 23.2 Å². The maximum absolute atomic E-state index is 10.9. The smallest absolute Gasteiger partial charge is 0.272 e. The number of rotatable bonds is 4. The highest BCUT2D eigenvalue weighted by molar-refractivity contribution is 5.51. The second-order valence-corrected chi connectivity index (χ2v) is 5.09. The van der Waals surface area contributed by atoms with Crippen LogP contribution in [0.15, 0.2) is 36.4 Å². The summed E-state index contributed by atoms with van der Waals surface area (Å²) in [5.74, 6) is 1.27. The molecule has 2 aromatic rings. The van der Waals surface area contributed by atoms with E-state index in [1.54, 1.807) is 19.9 Å². The van der Waals surface area contributed by atoms with Gasteiger partial charge in [-0.25, -0.2) is 0 Å². The minimum absolute atomic E-state index is 0.0975. The Morgan fingerprint density at radius 3 is 2.43 bits per heavy atom. The van der Waals surface area contributed by atoms with Crippen molar-refractivity contribution in [3.8, 4) is 11.5 Å². The predicted molar refractivity (Wildman–Crippen MR) is 81.7 cm³/mol. The minimum atomic E-state index is -0.387. The summed E-state index contributed by atoms with van der Waals surface area (Å²) >= 11 is 0. The van der Waals surface area contributed by atoms with E-state index in [9.17, 15) is 10.1 Å². The third kappa shape index (κ3) is 3.20. The summed E-state index contributed by atoms with van der Waals surface area (Å²) in [6, 6.07) is 10.6. The fourth-order valence-electron chi connectivity index (χ4n) is 2.15. The SMILES string of the molecule is Cc1cc([N+](=O)[O-])c(C)cc1Oc1ccccc1C(C)N. The number of nitrogens with two attached hydrogens (primary N) is 1. The van der Waals surface area contributed by atoms with Crippen LogP contribution in [-0.2, 0) is 0 Å². The highest BCUT2D eigenvalue weighted by atomic mass is 16.6. The van der Waals surface area contributed by atoms with Crippen molar-refractivity contribution in [2.24, 2.45) is 5.73 Å². The van der Waals surface area contributed by atoms with Crippen molar-refractivity contribution in [2.45, 2.75) is 26.8 Å². The molecule has 0 aromatic heterocycles. The van der Waals surface area contributed by atoms with Gasteiger partial charge in [0.25, 0.3) is 5.69 Å². The summed E-state index contributed by atoms with van der Waals surface area (Å²) in [4.78, 5) is 10.5. The quantitative estimate of drug-likeness (QED) is 0.680. The molecular weight excluding hydrogens is 268 g/mol. The lowest BCUT2D eigenvalue weighted by atomic mass is 10.1. The summed E-state index contributed by atoms with van der Waals surface area (Å²) < 4.78 is 5.91. The molecule has 0 saturated carbocycles. The van der Waals surface area contributed by atoms with Gasteiger partial charge in [0.2, 0.25) is 0 Å². The largest absolute Gasteiger partial charge is 0.457 e. The maximum atomic E-state index is 10.9. The van der Waals surface area contributed by atoms with E-state index in [1.165, 1.54) is 6.07 Å². The Hall–Kier alpha value is -2.40. The number of nitro groups is 1. The average molecular weight is 286 g/mol. The van der Waals surface area contributed by atoms with Crippen LogP contribution in [0.1, 0.15) is 29.7 Å². The fourth-order valence-corrected chi connectivity index (χ4v) is 2.15. The molecule has 0 amide bonds. The molecule has 0 aliphatic heterocycles. The van der Waals surface area contributed by atoms with E-state index in [4.69, 9.17) is 10.5 Å². The molecule has 0 aliphatic rings. The van der Waals surface area contributed by atoms with E-state index in [2.05, 4.69) is 0 Å². The zero-order valence-electron chi connectivity index (χ0n) is 12.3. The summed E-state index contributed by atoms with van der Waals surface area (Å²) in [5.41, 5.74) is 8.21. The van der Waals surface area contributed by atoms with Crippen LogP contribution in [0.5, 0.6) is 11.5 Å². The van der Waals surface area contributed by atoms with Gasteiger partial charge in [0.1, 0.15) is 11.5 Å². The lowest BCUT2D eigenvalue weighted by molar-refractivity contribution is -0.385. The van der Waals surface area contributed by atoms with Gasteiger partial charge in [-0.15, -0.1) is 0 Å². The van der Waals surface area contributed by atoms with E-state index < -0.39 is 0 Å². The molecule has 2 rings (SSSR count). The number of hydrogen-bond donors (Lipinski definition) is 1. The van der Waals surface area contributed by atoms with Crippen molar-refractivity contribution in [3.63, 3.8) is 0 Å². The highest BCUT2D eigenvalue weighted by Gasteiger charge is 2.16. The van der Waals surface area contributed by atoms with Crippen LogP contribution in [0.25, 0.3) is 0 Å². The van der Waals surface area contributed by atoms with E-state index >= 15 is 0 Å². The van der Waals surface area contributed by atoms with Crippen molar-refractivity contribution in [3.05, 3.63) is 63.2 Å². The van der Waals surface area contributed by atoms with Crippen LogP contribution in [0, 0.1) is 24.0 Å². The molecule has 0 saturated heterocycles. The van der Waals surface area contributed by atoms with Gasteiger partial charge in [-0.3, -0.25) is 10.1 Å². The number of ether oxygens (including phenoxy) is 1. The standard InChI is InChI=1S/C16H18N2O3/c1-10-9-16(11(2)8-14(10)18(19)20)21-15-7-5-4-6-13(15)12(3)17/h4-9,12H,17H2,1-3H3. The predicted octanol–water partition coefficient (Wildman–Crippen LogP) is 4.02. The van der Waals surface area contributed by atoms with Gasteiger partial charge in [-0.2, -0.15) is 0 Å². The van der Waals surface area contributed by atoms with Crippen LogP contribution < -0.4 is 10.5 Å². The van der Waals surface area contributed by atoms with Gasteiger partial charge in [0.05, 0.1) is 4.92 Å². The first-order chi connectivity index (χ1) is 9.90. The van der Waals surface area contributed by atoms with Crippen molar-refractivity contribution < 1.29 is 9.66 Å². The molecule has 1 unspecified atom stereocenters. The monoisotopic (exact) mass is 286 g/mol. The molecule has 21 heavy (non-hydrogen) atoms. The van der Waals surface area contributed by atoms with E-state index in [1.807, 2.05) is 31.2 Å².